The number of hydrogen-bond donors (Lipinski definition) is 2. The van der Waals surface area contributed by atoms with Gasteiger partial charge in [-0.25, -0.2) is 13.1 Å². The maximum absolute atomic E-state index is 12.9. The van der Waals surface area contributed by atoms with Gasteiger partial charge in [-0.05, 0) is 54.7 Å². The summed E-state index contributed by atoms with van der Waals surface area (Å²) in [5.41, 5.74) is 2.09. The van der Waals surface area contributed by atoms with Crippen LogP contribution in [-0.4, -0.2) is 27.5 Å². The Morgan fingerprint density at radius 3 is 2.31 bits per heavy atom. The Labute approximate surface area is 172 Å². The van der Waals surface area contributed by atoms with E-state index in [0.717, 1.165) is 25.7 Å². The minimum atomic E-state index is -3.79. The number of ether oxygens (including phenoxy) is 1. The second-order valence-corrected chi connectivity index (χ2v) is 9.38. The monoisotopic (exact) mass is 416 g/mol. The summed E-state index contributed by atoms with van der Waals surface area (Å²) in [7, 11) is -2.37. The third-order valence-electron chi connectivity index (χ3n) is 5.23. The second-order valence-electron chi connectivity index (χ2n) is 7.70. The predicted molar refractivity (Wildman–Crippen MR) is 114 cm³/mol. The van der Waals surface area contributed by atoms with Crippen molar-refractivity contribution in [2.45, 2.75) is 56.4 Å². The standard InChI is InChI=1S/C22H28N2O4S/c1-15(2)16-8-11-18(12-9-16)23-22(25)17-10-13-20(28-3)21(14-17)29(26,27)24-19-6-4-5-7-19/h8-15,19,24H,4-7H2,1-3H3,(H,23,25). The maximum atomic E-state index is 12.9. The van der Waals surface area contributed by atoms with Crippen molar-refractivity contribution in [3.63, 3.8) is 0 Å². The van der Waals surface area contributed by atoms with E-state index >= 15 is 0 Å². The van der Waals surface area contributed by atoms with Crippen LogP contribution in [0.3, 0.4) is 0 Å². The van der Waals surface area contributed by atoms with E-state index in [9.17, 15) is 13.2 Å². The van der Waals surface area contributed by atoms with Crippen molar-refractivity contribution in [1.29, 1.82) is 0 Å². The Morgan fingerprint density at radius 2 is 1.72 bits per heavy atom. The quantitative estimate of drug-likeness (QED) is 0.705. The molecule has 0 unspecified atom stereocenters. The van der Waals surface area contributed by atoms with Gasteiger partial charge in [0.15, 0.2) is 0 Å². The smallest absolute Gasteiger partial charge is 0.255 e. The molecule has 1 aliphatic rings. The topological polar surface area (TPSA) is 84.5 Å². The molecule has 1 saturated carbocycles. The van der Waals surface area contributed by atoms with Crippen molar-refractivity contribution < 1.29 is 17.9 Å². The summed E-state index contributed by atoms with van der Waals surface area (Å²) in [6, 6.07) is 12.0. The molecule has 2 N–H and O–H groups in total. The second kappa shape index (κ2) is 8.97. The van der Waals surface area contributed by atoms with Gasteiger partial charge in [-0.3, -0.25) is 4.79 Å². The Bertz CT molecular complexity index is 963. The van der Waals surface area contributed by atoms with Gasteiger partial charge in [-0.2, -0.15) is 0 Å². The van der Waals surface area contributed by atoms with Crippen LogP contribution in [0.15, 0.2) is 47.4 Å². The molecule has 0 bridgehead atoms. The van der Waals surface area contributed by atoms with Crippen LogP contribution in [0.25, 0.3) is 0 Å². The molecule has 7 heteroatoms. The lowest BCUT2D eigenvalue weighted by molar-refractivity contribution is 0.102. The van der Waals surface area contributed by atoms with Crippen LogP contribution in [0.5, 0.6) is 5.75 Å². The number of benzene rings is 2. The molecule has 0 heterocycles. The van der Waals surface area contributed by atoms with Crippen LogP contribution < -0.4 is 14.8 Å². The molecule has 0 radical (unpaired) electrons. The SMILES string of the molecule is COc1ccc(C(=O)Nc2ccc(C(C)C)cc2)cc1S(=O)(=O)NC1CCCC1. The predicted octanol–water partition coefficient (Wildman–Crippen LogP) is 4.29. The fourth-order valence-corrected chi connectivity index (χ4v) is 5.01. The van der Waals surface area contributed by atoms with Crippen molar-refractivity contribution in [2.75, 3.05) is 12.4 Å². The first-order valence-electron chi connectivity index (χ1n) is 9.92. The van der Waals surface area contributed by atoms with E-state index in [0.29, 0.717) is 11.6 Å². The molecule has 2 aromatic carbocycles. The molecular formula is C22H28N2O4S. The zero-order valence-electron chi connectivity index (χ0n) is 17.1. The molecule has 0 aromatic heterocycles. The van der Waals surface area contributed by atoms with E-state index in [4.69, 9.17) is 4.74 Å². The summed E-state index contributed by atoms with van der Waals surface area (Å²) < 4.78 is 33.7. The minimum Gasteiger partial charge on any atom is -0.495 e. The van der Waals surface area contributed by atoms with Gasteiger partial charge >= 0.3 is 0 Å². The lowest BCUT2D eigenvalue weighted by Gasteiger charge is -2.16. The Morgan fingerprint density at radius 1 is 1.07 bits per heavy atom. The summed E-state index contributed by atoms with van der Waals surface area (Å²) in [5, 5.41) is 2.82. The van der Waals surface area contributed by atoms with E-state index in [2.05, 4.69) is 23.9 Å². The van der Waals surface area contributed by atoms with Crippen molar-refractivity contribution >= 4 is 21.6 Å². The zero-order chi connectivity index (χ0) is 21.0. The lowest BCUT2D eigenvalue weighted by atomic mass is 10.0. The lowest BCUT2D eigenvalue weighted by Crippen LogP contribution is -2.33. The molecule has 29 heavy (non-hydrogen) atoms. The van der Waals surface area contributed by atoms with E-state index in [1.807, 2.05) is 24.3 Å². The minimum absolute atomic E-state index is 0.0188. The van der Waals surface area contributed by atoms with Crippen LogP contribution >= 0.6 is 0 Å². The number of amides is 1. The highest BCUT2D eigenvalue weighted by atomic mass is 32.2. The molecule has 3 rings (SSSR count). The van der Waals surface area contributed by atoms with E-state index in [-0.39, 0.29) is 28.2 Å². The number of rotatable bonds is 7. The van der Waals surface area contributed by atoms with Crippen molar-refractivity contribution in [3.05, 3.63) is 53.6 Å². The van der Waals surface area contributed by atoms with Gasteiger partial charge in [0.05, 0.1) is 7.11 Å². The average Bonchev–Trinajstić information content (AvgIpc) is 3.20. The maximum Gasteiger partial charge on any atom is 0.255 e. The molecule has 2 aromatic rings. The first-order valence-corrected chi connectivity index (χ1v) is 11.4. The molecular weight excluding hydrogens is 388 g/mol. The summed E-state index contributed by atoms with van der Waals surface area (Å²) in [5.74, 6) is 0.247. The molecule has 1 aliphatic carbocycles. The van der Waals surface area contributed by atoms with E-state index in [1.165, 1.54) is 24.8 Å². The van der Waals surface area contributed by atoms with Gasteiger partial charge in [0.1, 0.15) is 10.6 Å². The van der Waals surface area contributed by atoms with Gasteiger partial charge in [-0.1, -0.05) is 38.8 Å². The Kier molecular flexibility index (Phi) is 6.59. The largest absolute Gasteiger partial charge is 0.495 e. The third-order valence-corrected chi connectivity index (χ3v) is 6.77. The Hall–Kier alpha value is -2.38. The summed E-state index contributed by atoms with van der Waals surface area (Å²) >= 11 is 0. The third kappa shape index (κ3) is 5.16. The highest BCUT2D eigenvalue weighted by Crippen LogP contribution is 2.28. The van der Waals surface area contributed by atoms with Crippen LogP contribution in [0, 0.1) is 0 Å². The molecule has 156 valence electrons. The van der Waals surface area contributed by atoms with Gasteiger partial charge in [0.25, 0.3) is 5.91 Å². The van der Waals surface area contributed by atoms with E-state index < -0.39 is 10.0 Å². The number of carbonyl (C=O) groups is 1. The van der Waals surface area contributed by atoms with Crippen molar-refractivity contribution in [2.24, 2.45) is 0 Å². The number of carbonyl (C=O) groups excluding carboxylic acids is 1. The number of nitrogens with one attached hydrogen (secondary N) is 2. The molecule has 1 fully saturated rings. The van der Waals surface area contributed by atoms with Gasteiger partial charge < -0.3 is 10.1 Å². The summed E-state index contributed by atoms with van der Waals surface area (Å²) in [6.45, 7) is 4.21. The van der Waals surface area contributed by atoms with Crippen molar-refractivity contribution in [3.8, 4) is 5.75 Å². The molecule has 0 atom stereocenters. The Balaban J connectivity index is 1.82. The fourth-order valence-electron chi connectivity index (χ4n) is 3.51. The number of sulfonamides is 1. The first kappa shape index (κ1) is 21.3. The molecule has 0 spiro atoms. The zero-order valence-corrected chi connectivity index (χ0v) is 17.9. The highest BCUT2D eigenvalue weighted by molar-refractivity contribution is 7.89. The van der Waals surface area contributed by atoms with Gasteiger partial charge in [0, 0.05) is 17.3 Å². The number of hydrogen-bond acceptors (Lipinski definition) is 4. The van der Waals surface area contributed by atoms with E-state index in [1.54, 1.807) is 6.07 Å². The molecule has 0 saturated heterocycles. The highest BCUT2D eigenvalue weighted by Gasteiger charge is 2.26. The number of anilines is 1. The fraction of sp³-hybridized carbons (Fsp3) is 0.409. The average molecular weight is 417 g/mol. The molecule has 6 nitrogen and oxygen atoms in total. The van der Waals surface area contributed by atoms with Crippen LogP contribution in [0.4, 0.5) is 5.69 Å². The van der Waals surface area contributed by atoms with Crippen LogP contribution in [0.2, 0.25) is 0 Å². The van der Waals surface area contributed by atoms with Crippen molar-refractivity contribution in [1.82, 2.24) is 4.72 Å². The van der Waals surface area contributed by atoms with Gasteiger partial charge in [0.2, 0.25) is 10.0 Å². The first-order chi connectivity index (χ1) is 13.8. The van der Waals surface area contributed by atoms with Crippen LogP contribution in [0.1, 0.15) is 61.4 Å². The van der Waals surface area contributed by atoms with Gasteiger partial charge in [-0.15, -0.1) is 0 Å². The molecule has 1 amide bonds. The molecule has 0 aliphatic heterocycles. The number of methoxy groups -OCH3 is 1. The summed E-state index contributed by atoms with van der Waals surface area (Å²) in [4.78, 5) is 12.7. The summed E-state index contributed by atoms with van der Waals surface area (Å²) in [6.07, 6.45) is 3.69. The van der Waals surface area contributed by atoms with Crippen LogP contribution in [-0.2, 0) is 10.0 Å². The normalized spacial score (nSPS) is 14.9.